The fourth-order valence-electron chi connectivity index (χ4n) is 4.14. The van der Waals surface area contributed by atoms with E-state index in [2.05, 4.69) is 34.7 Å². The molecule has 0 aliphatic carbocycles. The van der Waals surface area contributed by atoms with Crippen molar-refractivity contribution < 1.29 is 14.4 Å². The fourth-order valence-corrected chi connectivity index (χ4v) is 4.14. The van der Waals surface area contributed by atoms with Gasteiger partial charge in [0.25, 0.3) is 11.8 Å². The third-order valence-electron chi connectivity index (χ3n) is 5.97. The zero-order chi connectivity index (χ0) is 22.0. The van der Waals surface area contributed by atoms with Crippen LogP contribution < -0.4 is 15.6 Å². The number of hydrogen-bond donors (Lipinski definition) is 2. The van der Waals surface area contributed by atoms with Crippen molar-refractivity contribution >= 4 is 23.5 Å². The molecule has 1 atom stereocenters. The molecule has 2 aliphatic heterocycles. The van der Waals surface area contributed by atoms with E-state index >= 15 is 0 Å². The Morgan fingerprint density at radius 3 is 2.32 bits per heavy atom. The number of benzene rings is 2. The van der Waals surface area contributed by atoms with Crippen LogP contribution in [0, 0.1) is 6.92 Å². The van der Waals surface area contributed by atoms with Crippen LogP contribution in [0.1, 0.15) is 18.1 Å². The van der Waals surface area contributed by atoms with Gasteiger partial charge in [0, 0.05) is 31.9 Å². The number of carbonyl (C=O) groups is 3. The fraction of sp³-hybridized carbons (Fsp3) is 0.348. The number of nitrogens with zero attached hydrogens (tertiary/aromatic N) is 3. The number of aryl methyl sites for hydroxylation is 1. The molecular weight excluding hydrogens is 394 g/mol. The Balaban J connectivity index is 1.33. The predicted molar refractivity (Wildman–Crippen MR) is 117 cm³/mol. The second-order valence-electron chi connectivity index (χ2n) is 8.15. The number of imide groups is 1. The van der Waals surface area contributed by atoms with Gasteiger partial charge in [0.1, 0.15) is 5.54 Å². The van der Waals surface area contributed by atoms with Gasteiger partial charge >= 0.3 is 6.03 Å². The molecule has 2 fully saturated rings. The molecule has 2 saturated heterocycles. The van der Waals surface area contributed by atoms with Gasteiger partial charge in [0.15, 0.2) is 0 Å². The lowest BCUT2D eigenvalue weighted by Crippen LogP contribution is -2.53. The second-order valence-corrected chi connectivity index (χ2v) is 8.15. The van der Waals surface area contributed by atoms with Crippen molar-refractivity contribution in [1.29, 1.82) is 0 Å². The number of para-hydroxylation sites is 1. The first-order valence-corrected chi connectivity index (χ1v) is 10.4. The molecule has 2 aliphatic rings. The van der Waals surface area contributed by atoms with Crippen LogP contribution in [0.4, 0.5) is 10.5 Å². The van der Waals surface area contributed by atoms with E-state index in [1.807, 2.05) is 23.1 Å². The van der Waals surface area contributed by atoms with Gasteiger partial charge in [0.05, 0.1) is 6.54 Å². The van der Waals surface area contributed by atoms with Crippen LogP contribution in [-0.4, -0.2) is 60.5 Å². The van der Waals surface area contributed by atoms with Crippen LogP contribution in [0.2, 0.25) is 0 Å². The van der Waals surface area contributed by atoms with Crippen LogP contribution >= 0.6 is 0 Å². The summed E-state index contributed by atoms with van der Waals surface area (Å²) in [6, 6.07) is 16.6. The Hall–Kier alpha value is -3.39. The highest BCUT2D eigenvalue weighted by Crippen LogP contribution is 2.27. The maximum Gasteiger partial charge on any atom is 0.344 e. The number of rotatable bonds is 5. The summed E-state index contributed by atoms with van der Waals surface area (Å²) in [5, 5.41) is 3.48. The summed E-state index contributed by atoms with van der Waals surface area (Å²) in [4.78, 5) is 42.2. The average molecular weight is 422 g/mol. The molecule has 2 N–H and O–H groups in total. The minimum Gasteiger partial charge on any atom is -0.369 e. The second kappa shape index (κ2) is 8.39. The summed E-state index contributed by atoms with van der Waals surface area (Å²) in [6.07, 6.45) is 0. The van der Waals surface area contributed by atoms with E-state index in [0.29, 0.717) is 5.56 Å². The molecule has 2 heterocycles. The van der Waals surface area contributed by atoms with Crippen molar-refractivity contribution in [3.8, 4) is 0 Å². The van der Waals surface area contributed by atoms with Crippen LogP contribution in [-0.2, 0) is 15.1 Å². The van der Waals surface area contributed by atoms with Gasteiger partial charge in [-0.15, -0.1) is 0 Å². The lowest BCUT2D eigenvalue weighted by molar-refractivity contribution is -0.139. The molecule has 162 valence electrons. The lowest BCUT2D eigenvalue weighted by Gasteiger charge is -2.36. The standard InChI is InChI=1S/C23H27N5O3/c1-17-8-6-7-11-19(17)27-14-12-26(13-15-27)16-20(29)25-28-21(30)23(2,24-22(28)31)18-9-4-3-5-10-18/h3-11H,12-16H2,1-2H3,(H,24,31)(H,25,29)/t23-/m1/s1. The molecule has 8 heteroatoms. The molecule has 31 heavy (non-hydrogen) atoms. The number of hydrogen-bond acceptors (Lipinski definition) is 5. The largest absolute Gasteiger partial charge is 0.369 e. The smallest absolute Gasteiger partial charge is 0.344 e. The predicted octanol–water partition coefficient (Wildman–Crippen LogP) is 1.62. The van der Waals surface area contributed by atoms with Crippen molar-refractivity contribution in [2.24, 2.45) is 0 Å². The highest BCUT2D eigenvalue weighted by molar-refractivity contribution is 6.08. The lowest BCUT2D eigenvalue weighted by atomic mass is 9.92. The van der Waals surface area contributed by atoms with Gasteiger partial charge < -0.3 is 10.2 Å². The SMILES string of the molecule is Cc1ccccc1N1CCN(CC(=O)NN2C(=O)N[C@](C)(c3ccccc3)C2=O)CC1. The maximum absolute atomic E-state index is 12.9. The van der Waals surface area contributed by atoms with Crippen LogP contribution in [0.25, 0.3) is 0 Å². The van der Waals surface area contributed by atoms with Crippen molar-refractivity contribution in [2.75, 3.05) is 37.6 Å². The summed E-state index contributed by atoms with van der Waals surface area (Å²) >= 11 is 0. The number of piperazine rings is 1. The van der Waals surface area contributed by atoms with E-state index in [4.69, 9.17) is 0 Å². The number of urea groups is 1. The molecule has 0 unspecified atom stereocenters. The number of anilines is 1. The van der Waals surface area contributed by atoms with Gasteiger partial charge in [-0.25, -0.2) is 4.79 Å². The summed E-state index contributed by atoms with van der Waals surface area (Å²) in [5.41, 5.74) is 4.39. The Morgan fingerprint density at radius 1 is 1.00 bits per heavy atom. The molecule has 0 saturated carbocycles. The topological polar surface area (TPSA) is 85.0 Å². The quantitative estimate of drug-likeness (QED) is 0.717. The first kappa shape index (κ1) is 20.9. The number of amides is 4. The van der Waals surface area contributed by atoms with Gasteiger partial charge in [-0.3, -0.25) is 19.9 Å². The first-order chi connectivity index (χ1) is 14.9. The molecule has 0 spiro atoms. The van der Waals surface area contributed by atoms with Crippen molar-refractivity contribution in [3.63, 3.8) is 0 Å². The minimum absolute atomic E-state index is 0.126. The summed E-state index contributed by atoms with van der Waals surface area (Å²) < 4.78 is 0. The Bertz CT molecular complexity index is 988. The summed E-state index contributed by atoms with van der Waals surface area (Å²) in [6.45, 7) is 6.94. The normalized spacial score (nSPS) is 21.9. The van der Waals surface area contributed by atoms with E-state index in [9.17, 15) is 14.4 Å². The highest BCUT2D eigenvalue weighted by Gasteiger charge is 2.50. The first-order valence-electron chi connectivity index (χ1n) is 10.4. The van der Waals surface area contributed by atoms with Crippen molar-refractivity contribution in [2.45, 2.75) is 19.4 Å². The molecule has 8 nitrogen and oxygen atoms in total. The summed E-state index contributed by atoms with van der Waals surface area (Å²) in [7, 11) is 0. The molecule has 0 bridgehead atoms. The van der Waals surface area contributed by atoms with E-state index in [1.165, 1.54) is 11.3 Å². The van der Waals surface area contributed by atoms with Gasteiger partial charge in [-0.1, -0.05) is 48.5 Å². The Labute approximate surface area is 181 Å². The minimum atomic E-state index is -1.20. The monoisotopic (exact) mass is 421 g/mol. The van der Waals surface area contributed by atoms with Gasteiger partial charge in [0.2, 0.25) is 0 Å². The third kappa shape index (κ3) is 4.11. The molecule has 0 radical (unpaired) electrons. The molecule has 2 aromatic rings. The average Bonchev–Trinajstić information content (AvgIpc) is 2.99. The maximum atomic E-state index is 12.9. The number of hydrazine groups is 1. The third-order valence-corrected chi connectivity index (χ3v) is 5.97. The molecule has 0 aromatic heterocycles. The van der Waals surface area contributed by atoms with Crippen molar-refractivity contribution in [1.82, 2.24) is 20.7 Å². The molecule has 4 rings (SSSR count). The van der Waals surface area contributed by atoms with E-state index in [1.54, 1.807) is 31.2 Å². The Morgan fingerprint density at radius 2 is 1.65 bits per heavy atom. The molecule has 4 amide bonds. The van der Waals surface area contributed by atoms with Crippen LogP contribution in [0.5, 0.6) is 0 Å². The summed E-state index contributed by atoms with van der Waals surface area (Å²) in [5.74, 6) is -0.883. The van der Waals surface area contributed by atoms with Gasteiger partial charge in [-0.2, -0.15) is 5.01 Å². The zero-order valence-electron chi connectivity index (χ0n) is 17.8. The zero-order valence-corrected chi connectivity index (χ0v) is 17.8. The highest BCUT2D eigenvalue weighted by atomic mass is 16.2. The number of nitrogens with one attached hydrogen (secondary N) is 2. The van der Waals surface area contributed by atoms with E-state index < -0.39 is 17.5 Å². The number of carbonyl (C=O) groups excluding carboxylic acids is 3. The van der Waals surface area contributed by atoms with E-state index in [-0.39, 0.29) is 12.5 Å². The van der Waals surface area contributed by atoms with E-state index in [0.717, 1.165) is 31.2 Å². The van der Waals surface area contributed by atoms with Crippen LogP contribution in [0.15, 0.2) is 54.6 Å². The van der Waals surface area contributed by atoms with Crippen LogP contribution in [0.3, 0.4) is 0 Å². The Kier molecular flexibility index (Phi) is 5.65. The van der Waals surface area contributed by atoms with Gasteiger partial charge in [-0.05, 0) is 31.0 Å². The molecule has 2 aromatic carbocycles. The van der Waals surface area contributed by atoms with Crippen molar-refractivity contribution in [3.05, 3.63) is 65.7 Å². The molecular formula is C23H27N5O3.